The molecule has 0 amide bonds. The fraction of sp³-hybridized carbons (Fsp3) is 0.500. The summed E-state index contributed by atoms with van der Waals surface area (Å²) in [4.78, 5) is 11.0. The molecule has 1 aliphatic heterocycles. The number of aryl methyl sites for hydroxylation is 1. The molecule has 2 aliphatic rings. The van der Waals surface area contributed by atoms with Gasteiger partial charge in [-0.15, -0.1) is 5.10 Å². The number of hydrogen-bond acceptors (Lipinski definition) is 6. The Morgan fingerprint density at radius 1 is 1.14 bits per heavy atom. The smallest absolute Gasteiger partial charge is 0.222 e. The van der Waals surface area contributed by atoms with Crippen LogP contribution in [-0.4, -0.2) is 39.8 Å². The van der Waals surface area contributed by atoms with Gasteiger partial charge in [0.15, 0.2) is 5.82 Å². The molecule has 3 heterocycles. The molecule has 6 nitrogen and oxygen atoms in total. The van der Waals surface area contributed by atoms with Gasteiger partial charge in [-0.1, -0.05) is 0 Å². The second-order valence-electron chi connectivity index (χ2n) is 6.30. The monoisotopic (exact) mass is 296 g/mol. The van der Waals surface area contributed by atoms with Crippen molar-refractivity contribution in [2.24, 2.45) is 5.92 Å². The van der Waals surface area contributed by atoms with Crippen molar-refractivity contribution in [2.45, 2.75) is 25.7 Å². The number of anilines is 2. The van der Waals surface area contributed by atoms with Crippen LogP contribution in [0.2, 0.25) is 0 Å². The number of nitrogens with zero attached hydrogens (tertiary/aromatic N) is 5. The van der Waals surface area contributed by atoms with Gasteiger partial charge in [-0.2, -0.15) is 5.10 Å². The fourth-order valence-electron chi connectivity index (χ4n) is 2.74. The topological polar surface area (TPSA) is 66.8 Å². The van der Waals surface area contributed by atoms with E-state index in [-0.39, 0.29) is 0 Å². The predicted octanol–water partition coefficient (Wildman–Crippen LogP) is 2.00. The van der Waals surface area contributed by atoms with Crippen molar-refractivity contribution in [3.8, 4) is 0 Å². The van der Waals surface area contributed by atoms with E-state index >= 15 is 0 Å². The highest BCUT2D eigenvalue weighted by molar-refractivity contribution is 5.41. The second-order valence-corrected chi connectivity index (χ2v) is 6.30. The lowest BCUT2D eigenvalue weighted by atomic mass is 10.0. The van der Waals surface area contributed by atoms with E-state index in [0.29, 0.717) is 11.8 Å². The summed E-state index contributed by atoms with van der Waals surface area (Å²) < 4.78 is 0. The van der Waals surface area contributed by atoms with Crippen molar-refractivity contribution < 1.29 is 0 Å². The van der Waals surface area contributed by atoms with E-state index in [1.165, 1.54) is 18.4 Å². The molecule has 6 heteroatoms. The second kappa shape index (κ2) is 5.51. The van der Waals surface area contributed by atoms with Crippen LogP contribution >= 0.6 is 0 Å². The summed E-state index contributed by atoms with van der Waals surface area (Å²) >= 11 is 0. The van der Waals surface area contributed by atoms with E-state index in [1.807, 2.05) is 31.5 Å². The Bertz CT molecular complexity index is 629. The van der Waals surface area contributed by atoms with Gasteiger partial charge in [0, 0.05) is 37.9 Å². The Kier molecular flexibility index (Phi) is 3.36. The van der Waals surface area contributed by atoms with E-state index in [9.17, 15) is 0 Å². The average Bonchev–Trinajstić information content (AvgIpc) is 3.33. The van der Waals surface area contributed by atoms with E-state index in [4.69, 9.17) is 0 Å². The maximum Gasteiger partial charge on any atom is 0.222 e. The Labute approximate surface area is 130 Å². The van der Waals surface area contributed by atoms with Crippen molar-refractivity contribution >= 4 is 11.8 Å². The number of nitrogens with one attached hydrogen (secondary N) is 1. The van der Waals surface area contributed by atoms with E-state index in [2.05, 4.69) is 30.4 Å². The maximum absolute atomic E-state index is 4.40. The molecule has 0 spiro atoms. The lowest BCUT2D eigenvalue weighted by Gasteiger charge is -2.39. The van der Waals surface area contributed by atoms with Crippen LogP contribution in [0.4, 0.5) is 11.8 Å². The zero-order valence-electron chi connectivity index (χ0n) is 12.7. The SMILES string of the molecule is Cc1ccc(N2CC(CNc3ncc(C4CC4)cn3)C2)nn1. The lowest BCUT2D eigenvalue weighted by Crippen LogP contribution is -2.50. The standard InChI is InChI=1S/C16H20N6/c1-11-2-5-15(21-20-11)22-9-12(10-22)6-17-16-18-7-14(8-19-16)13-3-4-13/h2,5,7-8,12-13H,3-4,6,9-10H2,1H3,(H,17,18,19). The van der Waals surface area contributed by atoms with Crippen molar-refractivity contribution in [1.82, 2.24) is 20.2 Å². The Morgan fingerprint density at radius 3 is 2.55 bits per heavy atom. The fourth-order valence-corrected chi connectivity index (χ4v) is 2.74. The van der Waals surface area contributed by atoms with Gasteiger partial charge in [0.2, 0.25) is 5.95 Å². The molecule has 2 fully saturated rings. The van der Waals surface area contributed by atoms with Crippen molar-refractivity contribution in [2.75, 3.05) is 29.9 Å². The molecule has 2 aromatic rings. The molecule has 0 unspecified atom stereocenters. The van der Waals surface area contributed by atoms with Crippen molar-refractivity contribution in [3.63, 3.8) is 0 Å². The molecule has 0 bridgehead atoms. The molecule has 114 valence electrons. The van der Waals surface area contributed by atoms with E-state index < -0.39 is 0 Å². The first-order valence-electron chi connectivity index (χ1n) is 7.89. The summed E-state index contributed by atoms with van der Waals surface area (Å²) in [5.41, 5.74) is 2.23. The van der Waals surface area contributed by atoms with Gasteiger partial charge in [0.25, 0.3) is 0 Å². The zero-order valence-corrected chi connectivity index (χ0v) is 12.7. The van der Waals surface area contributed by atoms with Crippen LogP contribution in [0.3, 0.4) is 0 Å². The van der Waals surface area contributed by atoms with E-state index in [0.717, 1.165) is 37.1 Å². The molecule has 2 aromatic heterocycles. The first kappa shape index (κ1) is 13.4. The average molecular weight is 296 g/mol. The van der Waals surface area contributed by atoms with E-state index in [1.54, 1.807) is 0 Å². The summed E-state index contributed by atoms with van der Waals surface area (Å²) in [7, 11) is 0. The third kappa shape index (κ3) is 2.86. The Hall–Kier alpha value is -2.24. The molecule has 1 saturated heterocycles. The van der Waals surface area contributed by atoms with Gasteiger partial charge in [-0.3, -0.25) is 0 Å². The lowest BCUT2D eigenvalue weighted by molar-refractivity contribution is 0.424. The molecule has 0 atom stereocenters. The molecule has 1 saturated carbocycles. The van der Waals surface area contributed by atoms with Gasteiger partial charge in [0.1, 0.15) is 0 Å². The normalized spacial score (nSPS) is 18.1. The van der Waals surface area contributed by atoms with Gasteiger partial charge < -0.3 is 10.2 Å². The maximum atomic E-state index is 4.40. The first-order chi connectivity index (χ1) is 10.8. The third-order valence-electron chi connectivity index (χ3n) is 4.33. The summed E-state index contributed by atoms with van der Waals surface area (Å²) in [6.07, 6.45) is 6.50. The quantitative estimate of drug-likeness (QED) is 0.910. The van der Waals surface area contributed by atoms with Crippen LogP contribution in [-0.2, 0) is 0 Å². The van der Waals surface area contributed by atoms with Crippen LogP contribution in [0.15, 0.2) is 24.5 Å². The summed E-state index contributed by atoms with van der Waals surface area (Å²) in [5, 5.41) is 11.6. The minimum absolute atomic E-state index is 0.606. The van der Waals surface area contributed by atoms with Gasteiger partial charge >= 0.3 is 0 Å². The highest BCUT2D eigenvalue weighted by Gasteiger charge is 2.28. The zero-order chi connectivity index (χ0) is 14.9. The molecule has 1 aliphatic carbocycles. The summed E-state index contributed by atoms with van der Waals surface area (Å²) in [6.45, 7) is 4.86. The third-order valence-corrected chi connectivity index (χ3v) is 4.33. The molecule has 0 radical (unpaired) electrons. The molecule has 4 rings (SSSR count). The van der Waals surface area contributed by atoms with Crippen LogP contribution in [0.25, 0.3) is 0 Å². The summed E-state index contributed by atoms with van der Waals surface area (Å²) in [5.74, 6) is 3.02. The molecular weight excluding hydrogens is 276 g/mol. The largest absolute Gasteiger partial charge is 0.354 e. The van der Waals surface area contributed by atoms with Crippen molar-refractivity contribution in [3.05, 3.63) is 35.8 Å². The number of hydrogen-bond donors (Lipinski definition) is 1. The highest BCUT2D eigenvalue weighted by atomic mass is 15.3. The molecule has 0 aromatic carbocycles. The van der Waals surface area contributed by atoms with Crippen LogP contribution < -0.4 is 10.2 Å². The minimum Gasteiger partial charge on any atom is -0.354 e. The minimum atomic E-state index is 0.606. The number of rotatable bonds is 5. The Morgan fingerprint density at radius 2 is 1.91 bits per heavy atom. The molecular formula is C16H20N6. The van der Waals surface area contributed by atoms with Gasteiger partial charge in [-0.25, -0.2) is 9.97 Å². The predicted molar refractivity (Wildman–Crippen MR) is 85.0 cm³/mol. The molecule has 1 N–H and O–H groups in total. The first-order valence-corrected chi connectivity index (χ1v) is 7.89. The van der Waals surface area contributed by atoms with Crippen LogP contribution in [0.5, 0.6) is 0 Å². The van der Waals surface area contributed by atoms with Crippen molar-refractivity contribution in [1.29, 1.82) is 0 Å². The van der Waals surface area contributed by atoms with Gasteiger partial charge in [-0.05, 0) is 43.4 Å². The van der Waals surface area contributed by atoms with Crippen LogP contribution in [0.1, 0.15) is 30.0 Å². The molecule has 22 heavy (non-hydrogen) atoms. The number of aromatic nitrogens is 4. The summed E-state index contributed by atoms with van der Waals surface area (Å²) in [6, 6.07) is 4.04. The Balaban J connectivity index is 1.24. The highest BCUT2D eigenvalue weighted by Crippen LogP contribution is 2.39. The van der Waals surface area contributed by atoms with Gasteiger partial charge in [0.05, 0.1) is 5.69 Å². The van der Waals surface area contributed by atoms with Crippen LogP contribution in [0, 0.1) is 12.8 Å².